The Morgan fingerprint density at radius 3 is 2.48 bits per heavy atom. The average Bonchev–Trinajstić information content (AvgIpc) is 2.50. The molecule has 21 heavy (non-hydrogen) atoms. The molecule has 0 aliphatic carbocycles. The van der Waals surface area contributed by atoms with Crippen molar-refractivity contribution >= 4 is 5.91 Å². The lowest BCUT2D eigenvalue weighted by atomic mass is 9.83. The highest BCUT2D eigenvalue weighted by Crippen LogP contribution is 2.23. The minimum atomic E-state index is -0.464. The number of nitrogens with one attached hydrogen (secondary N) is 1. The van der Waals surface area contributed by atoms with Gasteiger partial charge < -0.3 is 10.2 Å². The van der Waals surface area contributed by atoms with E-state index in [0.29, 0.717) is 0 Å². The molecule has 1 saturated heterocycles. The van der Waals surface area contributed by atoms with Crippen LogP contribution in [0.5, 0.6) is 0 Å². The normalized spacial score (nSPS) is 17.7. The number of piperidine rings is 1. The van der Waals surface area contributed by atoms with Crippen LogP contribution in [0.3, 0.4) is 0 Å². The first-order chi connectivity index (χ1) is 10.00. The summed E-state index contributed by atoms with van der Waals surface area (Å²) in [6.45, 7) is 7.16. The molecule has 0 bridgehead atoms. The van der Waals surface area contributed by atoms with Gasteiger partial charge in [-0.25, -0.2) is 0 Å². The topological polar surface area (TPSA) is 32.3 Å². The summed E-state index contributed by atoms with van der Waals surface area (Å²) in [6, 6.07) is 10.0. The predicted octanol–water partition coefficient (Wildman–Crippen LogP) is 2.81. The molecule has 0 unspecified atom stereocenters. The number of carbonyl (C=O) groups is 1. The molecule has 0 spiro atoms. The van der Waals surface area contributed by atoms with Crippen LogP contribution in [0.25, 0.3) is 0 Å². The molecule has 3 heteroatoms. The van der Waals surface area contributed by atoms with E-state index in [-0.39, 0.29) is 5.91 Å². The fourth-order valence-electron chi connectivity index (χ4n) is 2.95. The van der Waals surface area contributed by atoms with Gasteiger partial charge in [-0.2, -0.15) is 0 Å². The van der Waals surface area contributed by atoms with Crippen LogP contribution in [-0.2, 0) is 10.2 Å². The first-order valence-electron chi connectivity index (χ1n) is 8.02. The summed E-state index contributed by atoms with van der Waals surface area (Å²) in [5, 5.41) is 3.13. The molecular formula is C18H28N2O. The molecule has 0 atom stereocenters. The molecule has 1 amide bonds. The molecule has 3 nitrogen and oxygen atoms in total. The summed E-state index contributed by atoms with van der Waals surface area (Å²) < 4.78 is 0. The highest BCUT2D eigenvalue weighted by molar-refractivity contribution is 5.87. The van der Waals surface area contributed by atoms with E-state index < -0.39 is 5.41 Å². The molecule has 0 aromatic heterocycles. The summed E-state index contributed by atoms with van der Waals surface area (Å²) in [5.41, 5.74) is 0.607. The molecule has 1 aliphatic heterocycles. The van der Waals surface area contributed by atoms with Crippen molar-refractivity contribution in [1.29, 1.82) is 0 Å². The summed E-state index contributed by atoms with van der Waals surface area (Å²) in [7, 11) is 2.18. The maximum absolute atomic E-state index is 12.4. The van der Waals surface area contributed by atoms with Crippen molar-refractivity contribution in [2.45, 2.75) is 38.5 Å². The van der Waals surface area contributed by atoms with Crippen LogP contribution in [0.2, 0.25) is 0 Å². The summed E-state index contributed by atoms with van der Waals surface area (Å²) in [4.78, 5) is 14.8. The van der Waals surface area contributed by atoms with Crippen LogP contribution in [-0.4, -0.2) is 37.5 Å². The Labute approximate surface area is 128 Å². The summed E-state index contributed by atoms with van der Waals surface area (Å²) in [6.07, 6.45) is 3.62. The van der Waals surface area contributed by atoms with E-state index in [2.05, 4.69) is 17.3 Å². The molecule has 1 heterocycles. The van der Waals surface area contributed by atoms with Gasteiger partial charge in [-0.1, -0.05) is 30.3 Å². The van der Waals surface area contributed by atoms with Crippen molar-refractivity contribution in [3.05, 3.63) is 35.9 Å². The minimum Gasteiger partial charge on any atom is -0.355 e. The van der Waals surface area contributed by atoms with E-state index in [4.69, 9.17) is 0 Å². The zero-order valence-corrected chi connectivity index (χ0v) is 13.6. The Kier molecular flexibility index (Phi) is 5.40. The number of nitrogens with zero attached hydrogens (tertiary/aromatic N) is 1. The quantitative estimate of drug-likeness (QED) is 0.903. The predicted molar refractivity (Wildman–Crippen MR) is 87.3 cm³/mol. The van der Waals surface area contributed by atoms with Gasteiger partial charge in [0.15, 0.2) is 0 Å². The van der Waals surface area contributed by atoms with Crippen molar-refractivity contribution in [1.82, 2.24) is 10.2 Å². The first-order valence-corrected chi connectivity index (χ1v) is 8.02. The second-order valence-corrected chi connectivity index (χ2v) is 6.78. The summed E-state index contributed by atoms with van der Waals surface area (Å²) in [5.74, 6) is 0.892. The lowest BCUT2D eigenvalue weighted by Crippen LogP contribution is -2.41. The van der Waals surface area contributed by atoms with E-state index in [9.17, 15) is 4.79 Å². The third-order valence-electron chi connectivity index (χ3n) is 4.74. The minimum absolute atomic E-state index is 0.127. The van der Waals surface area contributed by atoms with Gasteiger partial charge >= 0.3 is 0 Å². The van der Waals surface area contributed by atoms with Crippen LogP contribution in [0, 0.1) is 5.92 Å². The van der Waals surface area contributed by atoms with Gasteiger partial charge in [-0.3, -0.25) is 4.79 Å². The standard InChI is InChI=1S/C18H28N2O/c1-18(2,16-7-5-4-6-8-16)17(21)19-12-9-15-10-13-20(3)14-11-15/h4-8,15H,9-14H2,1-3H3,(H,19,21). The molecule has 0 saturated carbocycles. The van der Waals surface area contributed by atoms with Crippen LogP contribution in [0.15, 0.2) is 30.3 Å². The van der Waals surface area contributed by atoms with Gasteiger partial charge in [0.25, 0.3) is 0 Å². The van der Waals surface area contributed by atoms with E-state index in [1.54, 1.807) is 0 Å². The number of carbonyl (C=O) groups excluding carboxylic acids is 1. The molecule has 116 valence electrons. The number of rotatable bonds is 5. The smallest absolute Gasteiger partial charge is 0.230 e. The molecule has 1 fully saturated rings. The zero-order valence-electron chi connectivity index (χ0n) is 13.6. The number of amides is 1. The fourth-order valence-corrected chi connectivity index (χ4v) is 2.95. The van der Waals surface area contributed by atoms with Gasteiger partial charge in [0, 0.05) is 6.54 Å². The van der Waals surface area contributed by atoms with Crippen molar-refractivity contribution < 1.29 is 4.79 Å². The number of likely N-dealkylation sites (tertiary alicyclic amines) is 1. The largest absolute Gasteiger partial charge is 0.355 e. The van der Waals surface area contributed by atoms with Crippen molar-refractivity contribution in [3.8, 4) is 0 Å². The molecule has 1 aliphatic rings. The van der Waals surface area contributed by atoms with Crippen LogP contribution >= 0.6 is 0 Å². The van der Waals surface area contributed by atoms with Gasteiger partial charge in [-0.05, 0) is 64.7 Å². The molecule has 1 N–H and O–H groups in total. The SMILES string of the molecule is CN1CCC(CCNC(=O)C(C)(C)c2ccccc2)CC1. The lowest BCUT2D eigenvalue weighted by molar-refractivity contribution is -0.125. The van der Waals surface area contributed by atoms with E-state index in [0.717, 1.165) is 24.4 Å². The number of benzene rings is 1. The second-order valence-electron chi connectivity index (χ2n) is 6.78. The maximum Gasteiger partial charge on any atom is 0.230 e. The van der Waals surface area contributed by atoms with Crippen molar-refractivity contribution in [2.24, 2.45) is 5.92 Å². The first kappa shape index (κ1) is 16.0. The van der Waals surface area contributed by atoms with Crippen molar-refractivity contribution in [2.75, 3.05) is 26.7 Å². The third kappa shape index (κ3) is 4.31. The van der Waals surface area contributed by atoms with Gasteiger partial charge in [0.1, 0.15) is 0 Å². The third-order valence-corrected chi connectivity index (χ3v) is 4.74. The fraction of sp³-hybridized carbons (Fsp3) is 0.611. The van der Waals surface area contributed by atoms with Crippen molar-refractivity contribution in [3.63, 3.8) is 0 Å². The van der Waals surface area contributed by atoms with E-state index in [1.165, 1.54) is 25.9 Å². The molecule has 2 rings (SSSR count). The van der Waals surface area contributed by atoms with Gasteiger partial charge in [0.2, 0.25) is 5.91 Å². The number of hydrogen-bond acceptors (Lipinski definition) is 2. The molecule has 0 radical (unpaired) electrons. The Hall–Kier alpha value is -1.35. The molecule has 1 aromatic carbocycles. The monoisotopic (exact) mass is 288 g/mol. The van der Waals surface area contributed by atoms with Crippen LogP contribution < -0.4 is 5.32 Å². The lowest BCUT2D eigenvalue weighted by Gasteiger charge is -2.29. The average molecular weight is 288 g/mol. The Morgan fingerprint density at radius 1 is 1.24 bits per heavy atom. The second kappa shape index (κ2) is 7.08. The zero-order chi connectivity index (χ0) is 15.3. The molecule has 1 aromatic rings. The van der Waals surface area contributed by atoms with E-state index in [1.807, 2.05) is 44.2 Å². The Balaban J connectivity index is 1.79. The summed E-state index contributed by atoms with van der Waals surface area (Å²) >= 11 is 0. The number of hydrogen-bond donors (Lipinski definition) is 1. The Morgan fingerprint density at radius 2 is 1.86 bits per heavy atom. The van der Waals surface area contributed by atoms with Gasteiger partial charge in [0.05, 0.1) is 5.41 Å². The Bertz CT molecular complexity index is 448. The maximum atomic E-state index is 12.4. The molecular weight excluding hydrogens is 260 g/mol. The van der Waals surface area contributed by atoms with Crippen LogP contribution in [0.4, 0.5) is 0 Å². The van der Waals surface area contributed by atoms with Crippen LogP contribution in [0.1, 0.15) is 38.7 Å². The highest BCUT2D eigenvalue weighted by atomic mass is 16.2. The van der Waals surface area contributed by atoms with E-state index >= 15 is 0 Å². The highest BCUT2D eigenvalue weighted by Gasteiger charge is 2.29. The van der Waals surface area contributed by atoms with Gasteiger partial charge in [-0.15, -0.1) is 0 Å².